The number of oxazole rings is 1. The molecule has 0 bridgehead atoms. The molecule has 0 radical (unpaired) electrons. The number of nitrogens with two attached hydrogens (primary N) is 1. The maximum atomic E-state index is 5.81. The van der Waals surface area contributed by atoms with Crippen molar-refractivity contribution in [2.45, 2.75) is 18.9 Å². The van der Waals surface area contributed by atoms with Gasteiger partial charge in [-0.1, -0.05) is 0 Å². The second-order valence-corrected chi connectivity index (χ2v) is 5.37. The molecule has 1 aliphatic rings. The molecule has 0 aliphatic carbocycles. The molecular formula is C14H21ClN4O. The number of aromatic nitrogens is 1. The fourth-order valence-corrected chi connectivity index (χ4v) is 2.62. The van der Waals surface area contributed by atoms with Crippen LogP contribution in [0.25, 0.3) is 11.1 Å². The maximum absolute atomic E-state index is 5.81. The first-order valence-electron chi connectivity index (χ1n) is 6.71. The van der Waals surface area contributed by atoms with Gasteiger partial charge in [-0.25, -0.2) is 0 Å². The number of halogens is 1. The Morgan fingerprint density at radius 1 is 1.35 bits per heavy atom. The number of likely N-dealkylation sites (tertiary alicyclic amines) is 1. The van der Waals surface area contributed by atoms with Gasteiger partial charge in [-0.15, -0.1) is 12.4 Å². The van der Waals surface area contributed by atoms with Crippen LogP contribution in [0.1, 0.15) is 12.8 Å². The van der Waals surface area contributed by atoms with Crippen LogP contribution in [0.2, 0.25) is 0 Å². The van der Waals surface area contributed by atoms with Gasteiger partial charge >= 0.3 is 0 Å². The predicted molar refractivity (Wildman–Crippen MR) is 84.6 cm³/mol. The number of hydrogen-bond acceptors (Lipinski definition) is 5. The third kappa shape index (κ3) is 2.83. The Morgan fingerprint density at radius 2 is 2.05 bits per heavy atom. The monoisotopic (exact) mass is 296 g/mol. The van der Waals surface area contributed by atoms with E-state index in [0.29, 0.717) is 17.7 Å². The Hall–Kier alpha value is -1.46. The molecule has 20 heavy (non-hydrogen) atoms. The molecule has 1 aromatic carbocycles. The molecule has 0 spiro atoms. The van der Waals surface area contributed by atoms with Crippen molar-refractivity contribution in [3.8, 4) is 0 Å². The zero-order valence-electron chi connectivity index (χ0n) is 11.9. The average Bonchev–Trinajstić information content (AvgIpc) is 2.81. The highest BCUT2D eigenvalue weighted by molar-refractivity contribution is 5.85. The molecule has 1 aliphatic heterocycles. The van der Waals surface area contributed by atoms with Gasteiger partial charge in [0, 0.05) is 18.8 Å². The Bertz CT molecular complexity index is 578. The summed E-state index contributed by atoms with van der Waals surface area (Å²) in [6, 6.07) is 6.76. The van der Waals surface area contributed by atoms with Crippen LogP contribution in [-0.4, -0.2) is 43.1 Å². The molecule has 0 unspecified atom stereocenters. The molecule has 5 nitrogen and oxygen atoms in total. The number of nitrogens with zero attached hydrogens (tertiary/aromatic N) is 3. The summed E-state index contributed by atoms with van der Waals surface area (Å²) in [6.45, 7) is 2.25. The van der Waals surface area contributed by atoms with E-state index < -0.39 is 0 Å². The second-order valence-electron chi connectivity index (χ2n) is 5.37. The third-order valence-electron chi connectivity index (χ3n) is 3.94. The first-order valence-corrected chi connectivity index (χ1v) is 6.71. The zero-order chi connectivity index (χ0) is 13.4. The first kappa shape index (κ1) is 14.9. The van der Waals surface area contributed by atoms with Crippen LogP contribution in [0.5, 0.6) is 0 Å². The summed E-state index contributed by atoms with van der Waals surface area (Å²) in [7, 11) is 4.22. The molecule has 0 amide bonds. The lowest BCUT2D eigenvalue weighted by molar-refractivity contribution is 0.250. The van der Waals surface area contributed by atoms with Gasteiger partial charge in [0.1, 0.15) is 5.52 Å². The van der Waals surface area contributed by atoms with Crippen molar-refractivity contribution in [3.05, 3.63) is 18.2 Å². The highest BCUT2D eigenvalue weighted by Gasteiger charge is 2.23. The minimum Gasteiger partial charge on any atom is -0.423 e. The van der Waals surface area contributed by atoms with Crippen molar-refractivity contribution in [3.63, 3.8) is 0 Å². The van der Waals surface area contributed by atoms with Gasteiger partial charge in [0.15, 0.2) is 5.58 Å². The summed E-state index contributed by atoms with van der Waals surface area (Å²) in [5, 5.41) is 0. The Kier molecular flexibility index (Phi) is 4.40. The van der Waals surface area contributed by atoms with Crippen molar-refractivity contribution in [1.29, 1.82) is 0 Å². The topological polar surface area (TPSA) is 58.5 Å². The summed E-state index contributed by atoms with van der Waals surface area (Å²) >= 11 is 0. The number of anilines is 2. The van der Waals surface area contributed by atoms with E-state index in [2.05, 4.69) is 28.9 Å². The number of nitrogen functional groups attached to an aromatic ring is 1. The fraction of sp³-hybridized carbons (Fsp3) is 0.500. The van der Waals surface area contributed by atoms with Gasteiger partial charge in [0.25, 0.3) is 6.01 Å². The average molecular weight is 297 g/mol. The van der Waals surface area contributed by atoms with Crippen LogP contribution in [0, 0.1) is 0 Å². The minimum atomic E-state index is 0. The van der Waals surface area contributed by atoms with Gasteiger partial charge in [0.05, 0.1) is 0 Å². The fourth-order valence-electron chi connectivity index (χ4n) is 2.62. The SMILES string of the molecule is CN1CCC(N(C)c2nc3cc(N)ccc3o2)CC1.Cl. The van der Waals surface area contributed by atoms with E-state index in [4.69, 9.17) is 10.2 Å². The molecule has 2 aromatic rings. The van der Waals surface area contributed by atoms with Gasteiger partial charge < -0.3 is 20.0 Å². The van der Waals surface area contributed by atoms with Crippen LogP contribution >= 0.6 is 12.4 Å². The van der Waals surface area contributed by atoms with Gasteiger partial charge in [-0.2, -0.15) is 4.98 Å². The molecular weight excluding hydrogens is 276 g/mol. The van der Waals surface area contributed by atoms with E-state index in [0.717, 1.165) is 37.0 Å². The van der Waals surface area contributed by atoms with Crippen LogP contribution in [0.4, 0.5) is 11.7 Å². The normalized spacial score (nSPS) is 17.1. The summed E-state index contributed by atoms with van der Waals surface area (Å²) in [5.74, 6) is 0. The molecule has 2 heterocycles. The van der Waals surface area contributed by atoms with Crippen molar-refractivity contribution < 1.29 is 4.42 Å². The number of hydrogen-bond donors (Lipinski definition) is 1. The van der Waals surface area contributed by atoms with E-state index in [1.807, 2.05) is 18.2 Å². The number of benzene rings is 1. The molecule has 0 atom stereocenters. The summed E-state index contributed by atoms with van der Waals surface area (Å²) in [4.78, 5) is 9.05. The Morgan fingerprint density at radius 3 is 2.75 bits per heavy atom. The number of rotatable bonds is 2. The number of fused-ring (bicyclic) bond motifs is 1. The minimum absolute atomic E-state index is 0. The van der Waals surface area contributed by atoms with Crippen molar-refractivity contribution in [1.82, 2.24) is 9.88 Å². The second kappa shape index (κ2) is 5.89. The molecule has 3 rings (SSSR count). The molecule has 2 N–H and O–H groups in total. The van der Waals surface area contributed by atoms with E-state index in [1.54, 1.807) is 0 Å². The van der Waals surface area contributed by atoms with Crippen molar-refractivity contribution >= 4 is 35.2 Å². The third-order valence-corrected chi connectivity index (χ3v) is 3.94. The lowest BCUT2D eigenvalue weighted by atomic mass is 10.0. The van der Waals surface area contributed by atoms with E-state index >= 15 is 0 Å². The largest absolute Gasteiger partial charge is 0.423 e. The summed E-state index contributed by atoms with van der Waals surface area (Å²) in [6.07, 6.45) is 2.29. The van der Waals surface area contributed by atoms with Crippen LogP contribution < -0.4 is 10.6 Å². The highest BCUT2D eigenvalue weighted by atomic mass is 35.5. The molecule has 1 fully saturated rings. The highest BCUT2D eigenvalue weighted by Crippen LogP contribution is 2.26. The number of piperidine rings is 1. The predicted octanol–water partition coefficient (Wildman–Crippen LogP) is 2.36. The molecule has 1 saturated heterocycles. The Labute approximate surface area is 125 Å². The van der Waals surface area contributed by atoms with Crippen LogP contribution in [-0.2, 0) is 0 Å². The van der Waals surface area contributed by atoms with E-state index in [1.165, 1.54) is 0 Å². The quantitative estimate of drug-likeness (QED) is 0.862. The van der Waals surface area contributed by atoms with E-state index in [9.17, 15) is 0 Å². The van der Waals surface area contributed by atoms with Crippen LogP contribution in [0.15, 0.2) is 22.6 Å². The summed E-state index contributed by atoms with van der Waals surface area (Å²) in [5.41, 5.74) is 8.11. The molecule has 110 valence electrons. The smallest absolute Gasteiger partial charge is 0.298 e. The van der Waals surface area contributed by atoms with Gasteiger partial charge in [-0.3, -0.25) is 0 Å². The van der Waals surface area contributed by atoms with E-state index in [-0.39, 0.29) is 12.4 Å². The molecule has 0 saturated carbocycles. The maximum Gasteiger partial charge on any atom is 0.298 e. The summed E-state index contributed by atoms with van der Waals surface area (Å²) < 4.78 is 5.81. The molecule has 6 heteroatoms. The Balaban J connectivity index is 0.00000147. The van der Waals surface area contributed by atoms with Crippen LogP contribution in [0.3, 0.4) is 0 Å². The zero-order valence-corrected chi connectivity index (χ0v) is 12.7. The van der Waals surface area contributed by atoms with Gasteiger partial charge in [0.2, 0.25) is 0 Å². The van der Waals surface area contributed by atoms with Crippen molar-refractivity contribution in [2.75, 3.05) is 37.8 Å². The first-order chi connectivity index (χ1) is 9.13. The van der Waals surface area contributed by atoms with Gasteiger partial charge in [-0.05, 0) is 51.2 Å². The standard InChI is InChI=1S/C14H20N4O.ClH/c1-17-7-5-11(6-8-17)18(2)14-16-12-9-10(15)3-4-13(12)19-14;/h3-4,9,11H,5-8,15H2,1-2H3;1H. The lowest BCUT2D eigenvalue weighted by Gasteiger charge is -2.34. The lowest BCUT2D eigenvalue weighted by Crippen LogP contribution is -2.42. The molecule has 1 aromatic heterocycles. The van der Waals surface area contributed by atoms with Crippen molar-refractivity contribution in [2.24, 2.45) is 0 Å².